The summed E-state index contributed by atoms with van der Waals surface area (Å²) in [7, 11) is 1.56. The molecule has 1 aromatic carbocycles. The van der Waals surface area contributed by atoms with Gasteiger partial charge in [-0.3, -0.25) is 14.3 Å². The van der Waals surface area contributed by atoms with Crippen LogP contribution in [0.2, 0.25) is 0 Å². The molecule has 0 saturated heterocycles. The zero-order chi connectivity index (χ0) is 23.4. The number of nitrogens with one attached hydrogen (secondary N) is 1. The second-order valence-corrected chi connectivity index (χ2v) is 7.24. The second kappa shape index (κ2) is 9.59. The molecule has 4 rings (SSSR count). The average molecular weight is 449 g/mol. The van der Waals surface area contributed by atoms with Crippen molar-refractivity contribution in [1.29, 1.82) is 0 Å². The zero-order valence-corrected chi connectivity index (χ0v) is 17.9. The van der Waals surface area contributed by atoms with Crippen LogP contribution in [0.25, 0.3) is 17.0 Å². The molecular weight excluding hydrogens is 426 g/mol. The summed E-state index contributed by atoms with van der Waals surface area (Å²) in [6.45, 7) is -0.473. The Balaban J connectivity index is 1.58. The largest absolute Gasteiger partial charge is 0.395 e. The Bertz CT molecular complexity index is 1280. The average Bonchev–Trinajstić information content (AvgIpc) is 3.42. The maximum absolute atomic E-state index is 13.0. The van der Waals surface area contributed by atoms with Crippen LogP contribution in [0.5, 0.6) is 0 Å². The lowest BCUT2D eigenvalue weighted by Crippen LogP contribution is -2.36. The monoisotopic (exact) mass is 449 g/mol. The maximum Gasteiger partial charge on any atom is 0.274 e. The first kappa shape index (κ1) is 22.1. The number of aromatic nitrogens is 5. The lowest BCUT2D eigenvalue weighted by Gasteiger charge is -2.20. The Morgan fingerprint density at radius 2 is 1.82 bits per heavy atom. The smallest absolute Gasteiger partial charge is 0.274 e. The molecule has 11 heteroatoms. The van der Waals surface area contributed by atoms with Crippen molar-refractivity contribution in [3.05, 3.63) is 66.1 Å². The van der Waals surface area contributed by atoms with Crippen LogP contribution in [0.1, 0.15) is 20.8 Å². The fourth-order valence-corrected chi connectivity index (χ4v) is 3.45. The molecule has 3 aromatic heterocycles. The third-order valence-electron chi connectivity index (χ3n) is 5.04. The molecule has 0 aliphatic carbocycles. The predicted octanol–water partition coefficient (Wildman–Crippen LogP) is 0.809. The lowest BCUT2D eigenvalue weighted by atomic mass is 10.2. The fraction of sp³-hybridized carbons (Fsp3) is 0.227. The van der Waals surface area contributed by atoms with Gasteiger partial charge in [0.1, 0.15) is 5.69 Å². The van der Waals surface area contributed by atoms with E-state index in [1.807, 2.05) is 30.3 Å². The van der Waals surface area contributed by atoms with Crippen LogP contribution < -0.4 is 5.32 Å². The van der Waals surface area contributed by atoms with Gasteiger partial charge in [-0.15, -0.1) is 5.10 Å². The number of amides is 2. The second-order valence-electron chi connectivity index (χ2n) is 7.24. The van der Waals surface area contributed by atoms with Crippen molar-refractivity contribution in [2.75, 3.05) is 31.6 Å². The molecule has 0 spiro atoms. The number of aliphatic hydroxyl groups excluding tert-OH is 2. The van der Waals surface area contributed by atoms with Crippen LogP contribution in [-0.4, -0.2) is 77.6 Å². The number of hydrogen-bond donors (Lipinski definition) is 3. The van der Waals surface area contributed by atoms with Crippen LogP contribution in [0.4, 0.5) is 5.69 Å². The molecule has 0 bridgehead atoms. The van der Waals surface area contributed by atoms with Crippen LogP contribution in [-0.2, 0) is 7.05 Å². The first-order chi connectivity index (χ1) is 16.0. The molecule has 33 heavy (non-hydrogen) atoms. The van der Waals surface area contributed by atoms with Crippen LogP contribution >= 0.6 is 0 Å². The number of fused-ring (bicyclic) bond motifs is 1. The molecule has 0 aliphatic rings. The van der Waals surface area contributed by atoms with E-state index >= 15 is 0 Å². The summed E-state index contributed by atoms with van der Waals surface area (Å²) in [5.41, 5.74) is 2.03. The Kier molecular flexibility index (Phi) is 6.43. The van der Waals surface area contributed by atoms with E-state index in [0.717, 1.165) is 5.56 Å². The Morgan fingerprint density at radius 1 is 1.09 bits per heavy atom. The topological polar surface area (TPSA) is 138 Å². The molecule has 3 N–H and O–H groups in total. The molecule has 0 unspecified atom stereocenters. The number of anilines is 1. The minimum Gasteiger partial charge on any atom is -0.395 e. The third kappa shape index (κ3) is 4.59. The molecule has 0 atom stereocenters. The van der Waals surface area contributed by atoms with E-state index in [0.29, 0.717) is 17.2 Å². The molecule has 170 valence electrons. The third-order valence-corrected chi connectivity index (χ3v) is 5.04. The van der Waals surface area contributed by atoms with Gasteiger partial charge in [0.25, 0.3) is 11.8 Å². The number of nitrogens with zero attached hydrogens (tertiary/aromatic N) is 6. The SMILES string of the molecule is Cn1ncc(C(=O)N(CCO)CCO)c1C(=O)Nc1ccn2nc(-c3ccccc3)nc2c1. The van der Waals surface area contributed by atoms with Gasteiger partial charge in [-0.1, -0.05) is 30.3 Å². The van der Waals surface area contributed by atoms with E-state index in [2.05, 4.69) is 20.5 Å². The Hall–Kier alpha value is -4.09. The Labute approximate surface area is 188 Å². The van der Waals surface area contributed by atoms with Gasteiger partial charge in [0.15, 0.2) is 11.5 Å². The number of aliphatic hydroxyl groups is 2. The lowest BCUT2D eigenvalue weighted by molar-refractivity contribution is 0.0681. The van der Waals surface area contributed by atoms with Crippen molar-refractivity contribution in [3.63, 3.8) is 0 Å². The number of carbonyl (C=O) groups excluding carboxylic acids is 2. The Morgan fingerprint density at radius 3 is 2.52 bits per heavy atom. The van der Waals surface area contributed by atoms with E-state index in [1.54, 1.807) is 29.9 Å². The van der Waals surface area contributed by atoms with E-state index in [-0.39, 0.29) is 37.6 Å². The number of aryl methyl sites for hydroxylation is 1. The highest BCUT2D eigenvalue weighted by Crippen LogP contribution is 2.19. The van der Waals surface area contributed by atoms with Gasteiger partial charge in [-0.05, 0) is 6.07 Å². The molecule has 3 heterocycles. The van der Waals surface area contributed by atoms with Crippen molar-refractivity contribution in [2.45, 2.75) is 0 Å². The molecule has 0 saturated carbocycles. The highest BCUT2D eigenvalue weighted by Gasteiger charge is 2.26. The standard InChI is InChI=1S/C22H23N7O4/c1-27-19(17(14-23-27)22(33)28(9-11-30)10-12-31)21(32)24-16-7-8-29-18(13-16)25-20(26-29)15-5-3-2-4-6-15/h2-8,13-14,30-31H,9-12H2,1H3,(H,24,32). The predicted molar refractivity (Wildman–Crippen MR) is 120 cm³/mol. The van der Waals surface area contributed by atoms with E-state index in [4.69, 9.17) is 0 Å². The van der Waals surface area contributed by atoms with E-state index < -0.39 is 11.8 Å². The number of carbonyl (C=O) groups is 2. The number of rotatable bonds is 8. The van der Waals surface area contributed by atoms with E-state index in [1.165, 1.54) is 15.8 Å². The van der Waals surface area contributed by atoms with Crippen molar-refractivity contribution in [1.82, 2.24) is 29.3 Å². The van der Waals surface area contributed by atoms with Gasteiger partial charge in [-0.25, -0.2) is 9.50 Å². The first-order valence-corrected chi connectivity index (χ1v) is 10.3. The summed E-state index contributed by atoms with van der Waals surface area (Å²) in [5.74, 6) is -0.471. The van der Waals surface area contributed by atoms with Gasteiger partial charge >= 0.3 is 0 Å². The molecule has 4 aromatic rings. The van der Waals surface area contributed by atoms with Gasteiger partial charge in [-0.2, -0.15) is 5.10 Å². The summed E-state index contributed by atoms with van der Waals surface area (Å²) in [4.78, 5) is 31.7. The number of benzene rings is 1. The molecular formula is C22H23N7O4. The number of hydrogen-bond acceptors (Lipinski definition) is 7. The minimum absolute atomic E-state index is 0.0304. The van der Waals surface area contributed by atoms with Gasteiger partial charge in [0.05, 0.1) is 25.0 Å². The maximum atomic E-state index is 13.0. The van der Waals surface area contributed by atoms with Crippen molar-refractivity contribution in [2.24, 2.45) is 7.05 Å². The zero-order valence-electron chi connectivity index (χ0n) is 17.9. The molecule has 11 nitrogen and oxygen atoms in total. The molecule has 0 fully saturated rings. The summed E-state index contributed by atoms with van der Waals surface area (Å²) >= 11 is 0. The highest BCUT2D eigenvalue weighted by atomic mass is 16.3. The van der Waals surface area contributed by atoms with Crippen LogP contribution in [0, 0.1) is 0 Å². The summed E-state index contributed by atoms with van der Waals surface area (Å²) in [6.07, 6.45) is 2.98. The summed E-state index contributed by atoms with van der Waals surface area (Å²) in [6, 6.07) is 12.9. The quantitative estimate of drug-likeness (QED) is 0.362. The van der Waals surface area contributed by atoms with Crippen molar-refractivity contribution < 1.29 is 19.8 Å². The summed E-state index contributed by atoms with van der Waals surface area (Å²) in [5, 5.41) is 29.7. The van der Waals surface area contributed by atoms with E-state index in [9.17, 15) is 19.8 Å². The fourth-order valence-electron chi connectivity index (χ4n) is 3.45. The van der Waals surface area contributed by atoms with Gasteiger partial charge < -0.3 is 20.4 Å². The van der Waals surface area contributed by atoms with Gasteiger partial charge in [0, 0.05) is 43.7 Å². The van der Waals surface area contributed by atoms with Gasteiger partial charge in [0.2, 0.25) is 0 Å². The van der Waals surface area contributed by atoms with Crippen molar-refractivity contribution >= 4 is 23.1 Å². The highest BCUT2D eigenvalue weighted by molar-refractivity contribution is 6.11. The van der Waals surface area contributed by atoms with Crippen LogP contribution in [0.15, 0.2) is 54.9 Å². The molecule has 0 radical (unpaired) electrons. The minimum atomic E-state index is -0.529. The molecule has 0 aliphatic heterocycles. The van der Waals surface area contributed by atoms with Crippen molar-refractivity contribution in [3.8, 4) is 11.4 Å². The summed E-state index contributed by atoms with van der Waals surface area (Å²) < 4.78 is 2.92. The molecule has 2 amide bonds. The normalized spacial score (nSPS) is 11.0. The van der Waals surface area contributed by atoms with Crippen LogP contribution in [0.3, 0.4) is 0 Å². The number of pyridine rings is 1. The first-order valence-electron chi connectivity index (χ1n) is 10.3.